The lowest BCUT2D eigenvalue weighted by molar-refractivity contribution is -0.163. The molecular formula is C13H23NO5. The Kier molecular flexibility index (Phi) is 4.45. The van der Waals surface area contributed by atoms with Crippen molar-refractivity contribution in [2.24, 2.45) is 5.41 Å². The van der Waals surface area contributed by atoms with E-state index < -0.39 is 29.2 Å². The maximum atomic E-state index is 12.0. The Labute approximate surface area is 113 Å². The summed E-state index contributed by atoms with van der Waals surface area (Å²) < 4.78 is 5.24. The fourth-order valence-corrected chi connectivity index (χ4v) is 2.27. The normalized spacial score (nSPS) is 28.1. The maximum absolute atomic E-state index is 12.0. The molecule has 2 N–H and O–H groups in total. The molecule has 1 rings (SSSR count). The number of likely N-dealkylation sites (tertiary alicyclic amines) is 1. The van der Waals surface area contributed by atoms with Gasteiger partial charge in [0, 0.05) is 13.1 Å². The van der Waals surface area contributed by atoms with Crippen LogP contribution in [0.25, 0.3) is 0 Å². The van der Waals surface area contributed by atoms with Crippen LogP contribution in [0.5, 0.6) is 0 Å². The molecule has 1 fully saturated rings. The van der Waals surface area contributed by atoms with E-state index in [1.165, 1.54) is 4.90 Å². The van der Waals surface area contributed by atoms with Crippen LogP contribution in [-0.4, -0.2) is 52.0 Å². The SMILES string of the molecule is CC[C@]1(C(=O)O)CN(C(=O)OC(C)(C)C)CC[C@@H]1O. The van der Waals surface area contributed by atoms with Crippen LogP contribution in [0.1, 0.15) is 40.5 Å². The van der Waals surface area contributed by atoms with Gasteiger partial charge >= 0.3 is 12.1 Å². The van der Waals surface area contributed by atoms with Crippen molar-refractivity contribution in [2.45, 2.75) is 52.2 Å². The second kappa shape index (κ2) is 5.36. The number of hydrogen-bond donors (Lipinski definition) is 2. The van der Waals surface area contributed by atoms with Crippen LogP contribution in [0.15, 0.2) is 0 Å². The summed E-state index contributed by atoms with van der Waals surface area (Å²) in [5.74, 6) is -1.07. The zero-order chi connectivity index (χ0) is 14.8. The summed E-state index contributed by atoms with van der Waals surface area (Å²) in [6.07, 6.45) is -0.950. The van der Waals surface area contributed by atoms with Gasteiger partial charge in [-0.1, -0.05) is 6.92 Å². The van der Waals surface area contributed by atoms with Gasteiger partial charge in [0.2, 0.25) is 0 Å². The van der Waals surface area contributed by atoms with Gasteiger partial charge in [0.15, 0.2) is 0 Å². The molecule has 0 spiro atoms. The van der Waals surface area contributed by atoms with E-state index in [2.05, 4.69) is 0 Å². The van der Waals surface area contributed by atoms with Crippen LogP contribution in [0.4, 0.5) is 4.79 Å². The molecule has 110 valence electrons. The van der Waals surface area contributed by atoms with Crippen molar-refractivity contribution in [2.75, 3.05) is 13.1 Å². The molecule has 0 aromatic heterocycles. The molecule has 1 saturated heterocycles. The average Bonchev–Trinajstić information content (AvgIpc) is 2.27. The number of aliphatic hydroxyl groups excluding tert-OH is 1. The molecule has 0 bridgehead atoms. The van der Waals surface area contributed by atoms with E-state index in [9.17, 15) is 19.8 Å². The van der Waals surface area contributed by atoms with E-state index >= 15 is 0 Å². The van der Waals surface area contributed by atoms with Crippen LogP contribution < -0.4 is 0 Å². The Hall–Kier alpha value is -1.30. The summed E-state index contributed by atoms with van der Waals surface area (Å²) in [5.41, 5.74) is -1.92. The molecule has 0 aliphatic carbocycles. The number of ether oxygens (including phenoxy) is 1. The lowest BCUT2D eigenvalue weighted by Crippen LogP contribution is -2.57. The highest BCUT2D eigenvalue weighted by Gasteiger charge is 2.49. The van der Waals surface area contributed by atoms with Crippen molar-refractivity contribution in [1.82, 2.24) is 4.90 Å². The van der Waals surface area contributed by atoms with Crippen molar-refractivity contribution in [3.63, 3.8) is 0 Å². The Morgan fingerprint density at radius 1 is 1.42 bits per heavy atom. The third-order valence-electron chi connectivity index (χ3n) is 3.49. The van der Waals surface area contributed by atoms with Gasteiger partial charge in [0.1, 0.15) is 11.0 Å². The van der Waals surface area contributed by atoms with Gasteiger partial charge in [-0.05, 0) is 33.6 Å². The molecule has 0 saturated carbocycles. The highest BCUT2D eigenvalue weighted by Crippen LogP contribution is 2.34. The number of aliphatic hydroxyl groups is 1. The summed E-state index contributed by atoms with van der Waals surface area (Å²) in [5, 5.41) is 19.3. The molecule has 1 heterocycles. The van der Waals surface area contributed by atoms with Gasteiger partial charge in [-0.3, -0.25) is 4.79 Å². The first kappa shape index (κ1) is 15.8. The predicted octanol–water partition coefficient (Wildman–Crippen LogP) is 1.47. The van der Waals surface area contributed by atoms with Gasteiger partial charge in [0.25, 0.3) is 0 Å². The van der Waals surface area contributed by atoms with Gasteiger partial charge in [-0.2, -0.15) is 0 Å². The van der Waals surface area contributed by atoms with E-state index in [0.29, 0.717) is 6.54 Å². The number of carbonyl (C=O) groups excluding carboxylic acids is 1. The minimum atomic E-state index is -1.30. The van der Waals surface area contributed by atoms with E-state index in [4.69, 9.17) is 4.74 Å². The summed E-state index contributed by atoms with van der Waals surface area (Å²) in [4.78, 5) is 24.8. The van der Waals surface area contributed by atoms with Crippen LogP contribution in [0.3, 0.4) is 0 Å². The number of piperidine rings is 1. The smallest absolute Gasteiger partial charge is 0.410 e. The van der Waals surface area contributed by atoms with Crippen LogP contribution in [0, 0.1) is 5.41 Å². The third kappa shape index (κ3) is 3.37. The van der Waals surface area contributed by atoms with Crippen molar-refractivity contribution < 1.29 is 24.5 Å². The third-order valence-corrected chi connectivity index (χ3v) is 3.49. The molecule has 6 nitrogen and oxygen atoms in total. The topological polar surface area (TPSA) is 87.1 Å². The molecule has 2 atom stereocenters. The molecule has 0 aromatic carbocycles. The molecule has 1 amide bonds. The first-order chi connectivity index (χ1) is 8.62. The lowest BCUT2D eigenvalue weighted by atomic mass is 9.75. The van der Waals surface area contributed by atoms with Gasteiger partial charge in [0.05, 0.1) is 6.10 Å². The van der Waals surface area contributed by atoms with Crippen LogP contribution >= 0.6 is 0 Å². The zero-order valence-corrected chi connectivity index (χ0v) is 12.0. The first-order valence-electron chi connectivity index (χ1n) is 6.52. The second-order valence-corrected chi connectivity index (χ2v) is 6.02. The molecule has 0 aromatic rings. The number of rotatable bonds is 2. The number of aliphatic carboxylic acids is 1. The molecule has 19 heavy (non-hydrogen) atoms. The quantitative estimate of drug-likeness (QED) is 0.795. The number of amides is 1. The van der Waals surface area contributed by atoms with Gasteiger partial charge < -0.3 is 19.8 Å². The summed E-state index contributed by atoms with van der Waals surface area (Å²) in [7, 11) is 0. The van der Waals surface area contributed by atoms with Gasteiger partial charge in [-0.25, -0.2) is 4.79 Å². The fourth-order valence-electron chi connectivity index (χ4n) is 2.27. The summed E-state index contributed by atoms with van der Waals surface area (Å²) >= 11 is 0. The Balaban J connectivity index is 2.85. The van der Waals surface area contributed by atoms with E-state index in [0.717, 1.165) is 0 Å². The Morgan fingerprint density at radius 2 is 2.00 bits per heavy atom. The highest BCUT2D eigenvalue weighted by molar-refractivity contribution is 5.77. The molecule has 0 unspecified atom stereocenters. The number of carbonyl (C=O) groups is 2. The number of nitrogens with zero attached hydrogens (tertiary/aromatic N) is 1. The predicted molar refractivity (Wildman–Crippen MR) is 68.8 cm³/mol. The van der Waals surface area contributed by atoms with Crippen molar-refractivity contribution in [3.05, 3.63) is 0 Å². The monoisotopic (exact) mass is 273 g/mol. The van der Waals surface area contributed by atoms with Crippen LogP contribution in [-0.2, 0) is 9.53 Å². The van der Waals surface area contributed by atoms with Gasteiger partial charge in [-0.15, -0.1) is 0 Å². The molecule has 6 heteroatoms. The van der Waals surface area contributed by atoms with Crippen molar-refractivity contribution in [1.29, 1.82) is 0 Å². The Bertz CT molecular complexity index is 363. The fraction of sp³-hybridized carbons (Fsp3) is 0.846. The summed E-state index contributed by atoms with van der Waals surface area (Å²) in [6.45, 7) is 7.27. The number of carboxylic acids is 1. The highest BCUT2D eigenvalue weighted by atomic mass is 16.6. The second-order valence-electron chi connectivity index (χ2n) is 6.02. The molecule has 1 aliphatic heterocycles. The standard InChI is InChI=1S/C13H23NO5/c1-5-13(10(16)17)8-14(7-6-9(13)15)11(18)19-12(2,3)4/h9,15H,5-8H2,1-4H3,(H,16,17)/t9-,13-/m0/s1. The Morgan fingerprint density at radius 3 is 2.42 bits per heavy atom. The maximum Gasteiger partial charge on any atom is 0.410 e. The average molecular weight is 273 g/mol. The van der Waals surface area contributed by atoms with Crippen molar-refractivity contribution >= 4 is 12.1 Å². The minimum Gasteiger partial charge on any atom is -0.481 e. The molecule has 0 radical (unpaired) electrons. The van der Waals surface area contributed by atoms with E-state index in [1.807, 2.05) is 0 Å². The van der Waals surface area contributed by atoms with E-state index in [1.54, 1.807) is 27.7 Å². The number of hydrogen-bond acceptors (Lipinski definition) is 4. The zero-order valence-electron chi connectivity index (χ0n) is 12.0. The number of carboxylic acid groups (broad SMARTS) is 1. The molecular weight excluding hydrogens is 250 g/mol. The lowest BCUT2D eigenvalue weighted by Gasteiger charge is -2.42. The largest absolute Gasteiger partial charge is 0.481 e. The first-order valence-corrected chi connectivity index (χ1v) is 6.52. The molecule has 1 aliphatic rings. The minimum absolute atomic E-state index is 0.0189. The van der Waals surface area contributed by atoms with Crippen LogP contribution in [0.2, 0.25) is 0 Å². The summed E-state index contributed by atoms with van der Waals surface area (Å²) in [6, 6.07) is 0. The van der Waals surface area contributed by atoms with E-state index in [-0.39, 0.29) is 19.4 Å². The van der Waals surface area contributed by atoms with Crippen molar-refractivity contribution in [3.8, 4) is 0 Å².